The zero-order valence-electron chi connectivity index (χ0n) is 13.0. The maximum atomic E-state index is 11.5. The Labute approximate surface area is 113 Å². The van der Waals surface area contributed by atoms with Gasteiger partial charge in [0.2, 0.25) is 0 Å². The average Bonchev–Trinajstić information content (AvgIpc) is 2.31. The molecule has 0 spiro atoms. The van der Waals surface area contributed by atoms with Gasteiger partial charge >= 0.3 is 5.97 Å². The van der Waals surface area contributed by atoms with Crippen LogP contribution in [-0.4, -0.2) is 12.6 Å². The summed E-state index contributed by atoms with van der Waals surface area (Å²) < 4.78 is 5.39. The summed E-state index contributed by atoms with van der Waals surface area (Å²) in [7, 11) is 0. The number of rotatable bonds is 10. The molecule has 0 aliphatic rings. The highest BCUT2D eigenvalue weighted by Gasteiger charge is 2.13. The van der Waals surface area contributed by atoms with Crippen molar-refractivity contribution in [3.63, 3.8) is 0 Å². The Morgan fingerprint density at radius 2 is 1.72 bits per heavy atom. The molecule has 108 valence electrons. The van der Waals surface area contributed by atoms with Crippen molar-refractivity contribution in [2.45, 2.75) is 73.1 Å². The van der Waals surface area contributed by atoms with Crippen molar-refractivity contribution < 1.29 is 9.53 Å². The van der Waals surface area contributed by atoms with Gasteiger partial charge in [0.15, 0.2) is 0 Å². The topological polar surface area (TPSA) is 26.3 Å². The van der Waals surface area contributed by atoms with Gasteiger partial charge in [-0.05, 0) is 30.6 Å². The summed E-state index contributed by atoms with van der Waals surface area (Å²) in [6.45, 7) is 11.5. The quantitative estimate of drug-likeness (QED) is 0.524. The molecule has 0 bridgehead atoms. The van der Waals surface area contributed by atoms with Crippen LogP contribution in [0.15, 0.2) is 0 Å². The molecule has 2 atom stereocenters. The standard InChI is InChI=1S/C16H32O2/c1-6-8-15(10-9-14(5)7-2)12-18-16(17)11-13(3)4/h13-15H,6-12H2,1-5H3. The van der Waals surface area contributed by atoms with E-state index in [1.807, 2.05) is 13.8 Å². The van der Waals surface area contributed by atoms with E-state index < -0.39 is 0 Å². The molecule has 0 aliphatic carbocycles. The van der Waals surface area contributed by atoms with Crippen LogP contribution in [0.2, 0.25) is 0 Å². The number of carbonyl (C=O) groups excluding carboxylic acids is 1. The van der Waals surface area contributed by atoms with Gasteiger partial charge in [0.25, 0.3) is 0 Å². The van der Waals surface area contributed by atoms with Crippen molar-refractivity contribution in [1.82, 2.24) is 0 Å². The van der Waals surface area contributed by atoms with Gasteiger partial charge in [0.1, 0.15) is 0 Å². The molecular formula is C16H32O2. The predicted octanol–water partition coefficient (Wildman–Crippen LogP) is 4.82. The molecular weight excluding hydrogens is 224 g/mol. The first-order chi connectivity index (χ1) is 8.49. The smallest absolute Gasteiger partial charge is 0.306 e. The van der Waals surface area contributed by atoms with E-state index in [0.29, 0.717) is 24.9 Å². The van der Waals surface area contributed by atoms with Crippen molar-refractivity contribution in [2.24, 2.45) is 17.8 Å². The fourth-order valence-corrected chi connectivity index (χ4v) is 2.05. The Balaban J connectivity index is 3.92. The largest absolute Gasteiger partial charge is 0.465 e. The normalized spacial score (nSPS) is 14.6. The van der Waals surface area contributed by atoms with Gasteiger partial charge in [-0.25, -0.2) is 0 Å². The maximum absolute atomic E-state index is 11.5. The second-order valence-electron chi connectivity index (χ2n) is 6.03. The van der Waals surface area contributed by atoms with Crippen molar-refractivity contribution >= 4 is 5.97 Å². The summed E-state index contributed by atoms with van der Waals surface area (Å²) in [6, 6.07) is 0. The van der Waals surface area contributed by atoms with Crippen molar-refractivity contribution in [2.75, 3.05) is 6.61 Å². The first-order valence-electron chi connectivity index (χ1n) is 7.65. The van der Waals surface area contributed by atoms with Crippen LogP contribution in [0, 0.1) is 17.8 Å². The summed E-state index contributed by atoms with van der Waals surface area (Å²) >= 11 is 0. The second kappa shape index (κ2) is 10.4. The highest BCUT2D eigenvalue weighted by molar-refractivity contribution is 5.69. The van der Waals surface area contributed by atoms with E-state index >= 15 is 0 Å². The highest BCUT2D eigenvalue weighted by Crippen LogP contribution is 2.19. The van der Waals surface area contributed by atoms with Crippen molar-refractivity contribution in [3.8, 4) is 0 Å². The number of esters is 1. The van der Waals surface area contributed by atoms with E-state index in [9.17, 15) is 4.79 Å². The van der Waals surface area contributed by atoms with E-state index in [0.717, 1.165) is 5.92 Å². The monoisotopic (exact) mass is 256 g/mol. The molecule has 0 rings (SSSR count). The van der Waals surface area contributed by atoms with Crippen LogP contribution >= 0.6 is 0 Å². The Kier molecular flexibility index (Phi) is 10.1. The third kappa shape index (κ3) is 9.49. The second-order valence-corrected chi connectivity index (χ2v) is 6.03. The molecule has 0 aliphatic heterocycles. The van der Waals surface area contributed by atoms with Gasteiger partial charge in [0, 0.05) is 6.42 Å². The predicted molar refractivity (Wildman–Crippen MR) is 77.5 cm³/mol. The molecule has 2 unspecified atom stereocenters. The van der Waals surface area contributed by atoms with Crippen molar-refractivity contribution in [1.29, 1.82) is 0 Å². The van der Waals surface area contributed by atoms with Gasteiger partial charge in [-0.1, -0.05) is 53.9 Å². The van der Waals surface area contributed by atoms with Gasteiger partial charge in [0.05, 0.1) is 6.61 Å². The van der Waals surface area contributed by atoms with Crippen LogP contribution in [0.3, 0.4) is 0 Å². The minimum atomic E-state index is -0.0327. The zero-order valence-corrected chi connectivity index (χ0v) is 13.0. The lowest BCUT2D eigenvalue weighted by Gasteiger charge is -2.18. The molecule has 2 nitrogen and oxygen atoms in total. The van der Waals surface area contributed by atoms with Gasteiger partial charge in [-0.15, -0.1) is 0 Å². The molecule has 0 aromatic carbocycles. The fourth-order valence-electron chi connectivity index (χ4n) is 2.05. The third-order valence-corrected chi connectivity index (χ3v) is 3.52. The lowest BCUT2D eigenvalue weighted by atomic mass is 9.93. The van der Waals surface area contributed by atoms with E-state index in [2.05, 4.69) is 20.8 Å². The van der Waals surface area contributed by atoms with Crippen molar-refractivity contribution in [3.05, 3.63) is 0 Å². The first kappa shape index (κ1) is 17.5. The summed E-state index contributed by atoms with van der Waals surface area (Å²) in [5, 5.41) is 0. The van der Waals surface area contributed by atoms with Gasteiger partial charge in [-0.2, -0.15) is 0 Å². The molecule has 0 saturated heterocycles. The molecule has 0 N–H and O–H groups in total. The summed E-state index contributed by atoms with van der Waals surface area (Å²) in [5.41, 5.74) is 0. The molecule has 0 radical (unpaired) electrons. The highest BCUT2D eigenvalue weighted by atomic mass is 16.5. The number of hydrogen-bond acceptors (Lipinski definition) is 2. The average molecular weight is 256 g/mol. The fraction of sp³-hybridized carbons (Fsp3) is 0.938. The van der Waals surface area contributed by atoms with Gasteiger partial charge < -0.3 is 4.74 Å². The Morgan fingerprint density at radius 1 is 1.06 bits per heavy atom. The Hall–Kier alpha value is -0.530. The Bertz CT molecular complexity index is 211. The molecule has 0 amide bonds. The molecule has 0 saturated carbocycles. The van der Waals surface area contributed by atoms with Crippen LogP contribution in [0.25, 0.3) is 0 Å². The van der Waals surface area contributed by atoms with Crippen LogP contribution in [0.1, 0.15) is 73.1 Å². The summed E-state index contributed by atoms with van der Waals surface area (Å²) in [5.74, 6) is 1.70. The molecule has 0 aromatic heterocycles. The zero-order chi connectivity index (χ0) is 14.0. The van der Waals surface area contributed by atoms with Crippen LogP contribution in [0.5, 0.6) is 0 Å². The molecule has 0 aromatic rings. The van der Waals surface area contributed by atoms with Crippen LogP contribution in [0.4, 0.5) is 0 Å². The first-order valence-corrected chi connectivity index (χ1v) is 7.65. The van der Waals surface area contributed by atoms with E-state index in [1.165, 1.54) is 32.1 Å². The lowest BCUT2D eigenvalue weighted by Crippen LogP contribution is -2.16. The molecule has 18 heavy (non-hydrogen) atoms. The third-order valence-electron chi connectivity index (χ3n) is 3.52. The maximum Gasteiger partial charge on any atom is 0.306 e. The number of hydrogen-bond donors (Lipinski definition) is 0. The number of carbonyl (C=O) groups is 1. The summed E-state index contributed by atoms with van der Waals surface area (Å²) in [6.07, 6.45) is 6.58. The molecule has 2 heteroatoms. The Morgan fingerprint density at radius 3 is 2.22 bits per heavy atom. The number of ether oxygens (including phenoxy) is 1. The van der Waals surface area contributed by atoms with E-state index in [-0.39, 0.29) is 5.97 Å². The lowest BCUT2D eigenvalue weighted by molar-refractivity contribution is -0.146. The van der Waals surface area contributed by atoms with Crippen LogP contribution < -0.4 is 0 Å². The van der Waals surface area contributed by atoms with E-state index in [4.69, 9.17) is 4.74 Å². The summed E-state index contributed by atoms with van der Waals surface area (Å²) in [4.78, 5) is 11.5. The van der Waals surface area contributed by atoms with Gasteiger partial charge in [-0.3, -0.25) is 4.79 Å². The minimum absolute atomic E-state index is 0.0327. The molecule has 0 fully saturated rings. The van der Waals surface area contributed by atoms with E-state index in [1.54, 1.807) is 0 Å². The SMILES string of the molecule is CCCC(CCC(C)CC)COC(=O)CC(C)C. The molecule has 0 heterocycles. The van der Waals surface area contributed by atoms with Crippen LogP contribution in [-0.2, 0) is 9.53 Å². The minimum Gasteiger partial charge on any atom is -0.465 e.